The van der Waals surface area contributed by atoms with Crippen molar-refractivity contribution < 1.29 is 0 Å². The van der Waals surface area contributed by atoms with Gasteiger partial charge in [-0.1, -0.05) is 0 Å². The smallest absolute Gasteiger partial charge is 0.103 e. The molecule has 0 aliphatic heterocycles. The van der Waals surface area contributed by atoms with E-state index in [0.29, 0.717) is 0 Å². The topological polar surface area (TPSA) is 58.5 Å². The Hall–Kier alpha value is -1.62. The first-order chi connectivity index (χ1) is 7.65. The van der Waals surface area contributed by atoms with Crippen molar-refractivity contribution in [2.24, 2.45) is 7.05 Å². The Labute approximate surface area is 94.9 Å². The zero-order chi connectivity index (χ0) is 11.5. The summed E-state index contributed by atoms with van der Waals surface area (Å²) < 4.78 is 1.84. The lowest BCUT2D eigenvalue weighted by Gasteiger charge is -2.01. The van der Waals surface area contributed by atoms with Crippen LogP contribution in [0.3, 0.4) is 0 Å². The monoisotopic (exact) mass is 219 g/mol. The van der Waals surface area contributed by atoms with E-state index in [-0.39, 0.29) is 0 Å². The second kappa shape index (κ2) is 4.49. The Balaban J connectivity index is 1.86. The quantitative estimate of drug-likeness (QED) is 0.808. The highest BCUT2D eigenvalue weighted by molar-refractivity contribution is 5.15. The maximum atomic E-state index is 4.30. The highest BCUT2D eigenvalue weighted by Gasteiger charge is 2.02. The molecule has 0 aromatic carbocycles. The lowest BCUT2D eigenvalue weighted by atomic mass is 10.2. The number of aromatic nitrogens is 4. The maximum Gasteiger partial charge on any atom is 0.103 e. The minimum absolute atomic E-state index is 0.801. The fourth-order valence-electron chi connectivity index (χ4n) is 1.72. The number of imidazole rings is 1. The van der Waals surface area contributed by atoms with E-state index in [1.54, 1.807) is 0 Å². The van der Waals surface area contributed by atoms with Gasteiger partial charge < -0.3 is 10.3 Å². The van der Waals surface area contributed by atoms with Crippen LogP contribution in [0.4, 0.5) is 0 Å². The molecule has 0 atom stereocenters. The summed E-state index contributed by atoms with van der Waals surface area (Å²) in [6.07, 6.45) is 3.90. The lowest BCUT2D eigenvalue weighted by Crippen LogP contribution is -2.13. The Morgan fingerprint density at radius 2 is 2.19 bits per heavy atom. The summed E-state index contributed by atoms with van der Waals surface area (Å²) in [5.74, 6) is 0.953. The summed E-state index contributed by atoms with van der Waals surface area (Å²) in [5, 5.41) is 7.66. The maximum absolute atomic E-state index is 4.30. The molecule has 16 heavy (non-hydrogen) atoms. The van der Waals surface area contributed by atoms with Crippen LogP contribution in [0.5, 0.6) is 0 Å². The first-order valence-electron chi connectivity index (χ1n) is 5.35. The molecule has 86 valence electrons. The normalized spacial score (nSPS) is 10.9. The van der Waals surface area contributed by atoms with Crippen molar-refractivity contribution >= 4 is 0 Å². The highest BCUT2D eigenvalue weighted by Crippen LogP contribution is 2.04. The second-order valence-corrected chi connectivity index (χ2v) is 4.01. The number of nitrogens with one attached hydrogen (secondary N) is 2. The van der Waals surface area contributed by atoms with E-state index in [2.05, 4.69) is 20.4 Å². The van der Waals surface area contributed by atoms with Gasteiger partial charge >= 0.3 is 0 Å². The standard InChI is InChI=1S/C11H17N5/c1-8-10(7-16(3)15-8)4-12-5-11-6-13-9(2)14-11/h6-7,12H,4-5H2,1-3H3,(H,13,14). The summed E-state index contributed by atoms with van der Waals surface area (Å²) in [4.78, 5) is 7.34. The van der Waals surface area contributed by atoms with Crippen LogP contribution in [0.2, 0.25) is 0 Å². The van der Waals surface area contributed by atoms with Crippen molar-refractivity contribution in [2.45, 2.75) is 26.9 Å². The summed E-state index contributed by atoms with van der Waals surface area (Å²) >= 11 is 0. The largest absolute Gasteiger partial charge is 0.345 e. The van der Waals surface area contributed by atoms with Crippen LogP contribution in [-0.2, 0) is 20.1 Å². The van der Waals surface area contributed by atoms with Crippen LogP contribution in [0.25, 0.3) is 0 Å². The number of hydrogen-bond acceptors (Lipinski definition) is 3. The molecule has 0 saturated heterocycles. The van der Waals surface area contributed by atoms with Crippen molar-refractivity contribution in [3.05, 3.63) is 35.2 Å². The third-order valence-corrected chi connectivity index (χ3v) is 2.50. The van der Waals surface area contributed by atoms with E-state index in [1.807, 2.05) is 38.0 Å². The molecule has 2 N–H and O–H groups in total. The van der Waals surface area contributed by atoms with E-state index in [1.165, 1.54) is 5.56 Å². The first kappa shape index (κ1) is 10.9. The van der Waals surface area contributed by atoms with Crippen molar-refractivity contribution in [3.8, 4) is 0 Å². The minimum Gasteiger partial charge on any atom is -0.345 e. The van der Waals surface area contributed by atoms with Crippen LogP contribution in [0.15, 0.2) is 12.4 Å². The third-order valence-electron chi connectivity index (χ3n) is 2.50. The lowest BCUT2D eigenvalue weighted by molar-refractivity contribution is 0.678. The fraction of sp³-hybridized carbons (Fsp3) is 0.455. The molecular weight excluding hydrogens is 202 g/mol. The molecule has 0 amide bonds. The number of rotatable bonds is 4. The minimum atomic E-state index is 0.801. The predicted molar refractivity (Wildman–Crippen MR) is 61.8 cm³/mol. The van der Waals surface area contributed by atoms with Crippen molar-refractivity contribution in [2.75, 3.05) is 0 Å². The van der Waals surface area contributed by atoms with Crippen molar-refractivity contribution in [3.63, 3.8) is 0 Å². The summed E-state index contributed by atoms with van der Waals surface area (Å²) in [5.41, 5.74) is 3.42. The Morgan fingerprint density at radius 1 is 1.38 bits per heavy atom. The molecule has 0 spiro atoms. The average molecular weight is 219 g/mol. The molecular formula is C11H17N5. The number of hydrogen-bond donors (Lipinski definition) is 2. The van der Waals surface area contributed by atoms with Gasteiger partial charge in [0.05, 0.1) is 5.69 Å². The van der Waals surface area contributed by atoms with Crippen LogP contribution < -0.4 is 5.32 Å². The fourth-order valence-corrected chi connectivity index (χ4v) is 1.72. The molecule has 0 bridgehead atoms. The zero-order valence-electron chi connectivity index (χ0n) is 9.91. The van der Waals surface area contributed by atoms with E-state index in [0.717, 1.165) is 30.3 Å². The van der Waals surface area contributed by atoms with Crippen molar-refractivity contribution in [1.29, 1.82) is 0 Å². The summed E-state index contributed by atoms with van der Waals surface area (Å²) in [6, 6.07) is 0. The van der Waals surface area contributed by atoms with Crippen molar-refractivity contribution in [1.82, 2.24) is 25.1 Å². The van der Waals surface area contributed by atoms with Crippen LogP contribution in [0.1, 0.15) is 22.8 Å². The van der Waals surface area contributed by atoms with Crippen LogP contribution in [0, 0.1) is 13.8 Å². The molecule has 0 aliphatic rings. The van der Waals surface area contributed by atoms with E-state index >= 15 is 0 Å². The van der Waals surface area contributed by atoms with Gasteiger partial charge in [0.15, 0.2) is 0 Å². The average Bonchev–Trinajstić information content (AvgIpc) is 2.74. The first-order valence-corrected chi connectivity index (χ1v) is 5.35. The van der Waals surface area contributed by atoms with Gasteiger partial charge in [0.25, 0.3) is 0 Å². The molecule has 0 fully saturated rings. The molecule has 5 heteroatoms. The van der Waals surface area contributed by atoms with E-state index < -0.39 is 0 Å². The molecule has 0 radical (unpaired) electrons. The third kappa shape index (κ3) is 2.49. The summed E-state index contributed by atoms with van der Waals surface area (Å²) in [7, 11) is 1.94. The second-order valence-electron chi connectivity index (χ2n) is 4.01. The number of H-pyrrole nitrogens is 1. The summed E-state index contributed by atoms with van der Waals surface area (Å²) in [6.45, 7) is 5.61. The highest BCUT2D eigenvalue weighted by atomic mass is 15.2. The van der Waals surface area contributed by atoms with E-state index in [9.17, 15) is 0 Å². The van der Waals surface area contributed by atoms with E-state index in [4.69, 9.17) is 0 Å². The Bertz CT molecular complexity index is 468. The molecule has 2 rings (SSSR count). The zero-order valence-corrected chi connectivity index (χ0v) is 9.91. The van der Waals surface area contributed by atoms with Gasteiger partial charge in [-0.25, -0.2) is 4.98 Å². The van der Waals surface area contributed by atoms with Gasteiger partial charge in [-0.05, 0) is 13.8 Å². The predicted octanol–water partition coefficient (Wildman–Crippen LogP) is 1.05. The Morgan fingerprint density at radius 3 is 2.75 bits per heavy atom. The van der Waals surface area contributed by atoms with Gasteiger partial charge in [-0.3, -0.25) is 4.68 Å². The van der Waals surface area contributed by atoms with Gasteiger partial charge in [0, 0.05) is 43.8 Å². The molecule has 0 saturated carbocycles. The molecule has 2 aromatic rings. The number of nitrogens with zero attached hydrogens (tertiary/aromatic N) is 3. The van der Waals surface area contributed by atoms with Gasteiger partial charge in [0.1, 0.15) is 5.82 Å². The van der Waals surface area contributed by atoms with Crippen LogP contribution in [-0.4, -0.2) is 19.7 Å². The molecule has 2 aromatic heterocycles. The molecule has 0 aliphatic carbocycles. The van der Waals surface area contributed by atoms with Gasteiger partial charge in [-0.15, -0.1) is 0 Å². The molecule has 0 unspecified atom stereocenters. The number of aromatic amines is 1. The van der Waals surface area contributed by atoms with Crippen LogP contribution >= 0.6 is 0 Å². The molecule has 2 heterocycles. The van der Waals surface area contributed by atoms with Gasteiger partial charge in [-0.2, -0.15) is 5.10 Å². The molecule has 5 nitrogen and oxygen atoms in total. The van der Waals surface area contributed by atoms with Gasteiger partial charge in [0.2, 0.25) is 0 Å². The Kier molecular flexibility index (Phi) is 3.05. The number of aryl methyl sites for hydroxylation is 3. The SMILES string of the molecule is Cc1ncc(CNCc2cn(C)nc2C)[nH]1.